The molecule has 2 aliphatic heterocycles. The Balaban J connectivity index is 2.08. The molecule has 1 aromatic carbocycles. The van der Waals surface area contributed by atoms with Crippen molar-refractivity contribution in [3.05, 3.63) is 24.3 Å². The normalized spacial score (nSPS) is 21.2. The number of hydrogen-bond acceptors (Lipinski definition) is 4. The molecule has 0 atom stereocenters. The molecule has 0 spiro atoms. The van der Waals surface area contributed by atoms with Crippen molar-refractivity contribution in [1.82, 2.24) is 19.2 Å². The first-order valence-electron chi connectivity index (χ1n) is 12.6. The minimum atomic E-state index is 0.128. The molecule has 2 saturated heterocycles. The zero-order chi connectivity index (χ0) is 24.3. The van der Waals surface area contributed by atoms with Gasteiger partial charge in [-0.2, -0.15) is 0 Å². The van der Waals surface area contributed by atoms with E-state index in [-0.39, 0.29) is 22.2 Å². The van der Waals surface area contributed by atoms with E-state index in [2.05, 4.69) is 127 Å². The lowest BCUT2D eigenvalue weighted by Gasteiger charge is -2.42. The van der Waals surface area contributed by atoms with Crippen molar-refractivity contribution in [2.45, 2.75) is 105 Å². The fourth-order valence-corrected chi connectivity index (χ4v) is 5.67. The average Bonchev–Trinajstić information content (AvgIpc) is 3.25. The summed E-state index contributed by atoms with van der Waals surface area (Å²) in [5.74, 6) is 0. The zero-order valence-electron chi connectivity index (χ0n) is 23.1. The summed E-state index contributed by atoms with van der Waals surface area (Å²) >= 11 is 0. The van der Waals surface area contributed by atoms with Crippen LogP contribution in [0.3, 0.4) is 0 Å². The predicted molar refractivity (Wildman–Crippen MR) is 143 cm³/mol. The quantitative estimate of drug-likeness (QED) is 0.656. The molecule has 2 aliphatic rings. The van der Waals surface area contributed by atoms with E-state index in [1.807, 2.05) is 0 Å². The highest BCUT2D eigenvalue weighted by Gasteiger charge is 2.49. The molecule has 0 amide bonds. The molecule has 1 aromatic rings. The second kappa shape index (κ2) is 8.45. The number of hydrogen-bond donors (Lipinski definition) is 0. The summed E-state index contributed by atoms with van der Waals surface area (Å²) in [5, 5.41) is 0. The molecule has 32 heavy (non-hydrogen) atoms. The predicted octanol–water partition coefficient (Wildman–Crippen LogP) is 3.51. The Kier molecular flexibility index (Phi) is 6.81. The maximum Gasteiger partial charge on any atom is 0.347 e. The molecule has 0 aromatic heterocycles. The Hall–Kier alpha value is -0.810. The molecule has 2 fully saturated rings. The van der Waals surface area contributed by atoms with Gasteiger partial charge in [-0.25, -0.2) is 0 Å². The molecule has 0 saturated carbocycles. The number of rotatable bonds is 2. The summed E-state index contributed by atoms with van der Waals surface area (Å²) in [7, 11) is 0. The monoisotopic (exact) mass is 438 g/mol. The maximum atomic E-state index is 2.69. The SMILES string of the molecule is CC(C)(C)N1CCN(C(C)(C)C)B1c1cccc(B2N(C(C)(C)C)CCN2C(C)(C)C)c1. The molecular formula is C26H48B2N4. The highest BCUT2D eigenvalue weighted by atomic mass is 15.3. The van der Waals surface area contributed by atoms with E-state index < -0.39 is 0 Å². The minimum absolute atomic E-state index is 0.128. The van der Waals surface area contributed by atoms with Crippen LogP contribution >= 0.6 is 0 Å². The van der Waals surface area contributed by atoms with Gasteiger partial charge in [-0.3, -0.25) is 0 Å². The molecule has 178 valence electrons. The van der Waals surface area contributed by atoms with Crippen LogP contribution in [0.15, 0.2) is 24.3 Å². The van der Waals surface area contributed by atoms with Crippen LogP contribution in [0.5, 0.6) is 0 Å². The van der Waals surface area contributed by atoms with Crippen LogP contribution in [0, 0.1) is 0 Å². The first-order chi connectivity index (χ1) is 14.4. The topological polar surface area (TPSA) is 13.0 Å². The summed E-state index contributed by atoms with van der Waals surface area (Å²) < 4.78 is 0. The van der Waals surface area contributed by atoms with E-state index in [0.717, 1.165) is 26.2 Å². The van der Waals surface area contributed by atoms with Crippen molar-refractivity contribution in [3.63, 3.8) is 0 Å². The molecule has 2 heterocycles. The van der Waals surface area contributed by atoms with Crippen molar-refractivity contribution in [2.24, 2.45) is 0 Å². The van der Waals surface area contributed by atoms with Gasteiger partial charge < -0.3 is 19.2 Å². The van der Waals surface area contributed by atoms with Gasteiger partial charge in [-0.1, -0.05) is 24.3 Å². The standard InChI is InChI=1S/C26H48B2N4/c1-23(2,3)29-16-17-30(24(4,5)6)27(29)21-14-13-15-22(20-21)28-31(25(7,8)9)18-19-32(28)26(10,11)12/h13-15,20H,16-19H2,1-12H3. The van der Waals surface area contributed by atoms with E-state index in [1.54, 1.807) is 0 Å². The summed E-state index contributed by atoms with van der Waals surface area (Å²) in [6, 6.07) is 9.52. The van der Waals surface area contributed by atoms with Crippen LogP contribution in [-0.4, -0.2) is 81.5 Å². The van der Waals surface area contributed by atoms with Crippen LogP contribution in [0.25, 0.3) is 0 Å². The summed E-state index contributed by atoms with van der Waals surface area (Å²) in [6.07, 6.45) is 0. The van der Waals surface area contributed by atoms with E-state index >= 15 is 0 Å². The zero-order valence-corrected chi connectivity index (χ0v) is 23.1. The third-order valence-electron chi connectivity index (χ3n) is 7.30. The van der Waals surface area contributed by atoms with E-state index in [1.165, 1.54) is 10.9 Å². The van der Waals surface area contributed by atoms with Crippen LogP contribution in [0.1, 0.15) is 83.1 Å². The summed E-state index contributed by atoms with van der Waals surface area (Å²) in [5.41, 5.74) is 3.37. The van der Waals surface area contributed by atoms with Crippen molar-refractivity contribution >= 4 is 24.9 Å². The lowest BCUT2D eigenvalue weighted by molar-refractivity contribution is 0.271. The molecule has 0 bridgehead atoms. The maximum absolute atomic E-state index is 2.69. The van der Waals surface area contributed by atoms with Gasteiger partial charge in [-0.05, 0) is 94.0 Å². The van der Waals surface area contributed by atoms with E-state index in [0.29, 0.717) is 14.0 Å². The Labute approximate surface area is 199 Å². The van der Waals surface area contributed by atoms with E-state index in [9.17, 15) is 0 Å². The molecule has 0 N–H and O–H groups in total. The number of benzene rings is 1. The third kappa shape index (κ3) is 5.14. The minimum Gasteiger partial charge on any atom is -0.318 e. The van der Waals surface area contributed by atoms with Gasteiger partial charge in [0.2, 0.25) is 0 Å². The number of nitrogens with zero attached hydrogens (tertiary/aromatic N) is 4. The smallest absolute Gasteiger partial charge is 0.318 e. The van der Waals surface area contributed by atoms with Crippen molar-refractivity contribution in [1.29, 1.82) is 0 Å². The fraction of sp³-hybridized carbons (Fsp3) is 0.769. The molecule has 0 radical (unpaired) electrons. The van der Waals surface area contributed by atoms with Gasteiger partial charge in [0.1, 0.15) is 0 Å². The van der Waals surface area contributed by atoms with Crippen molar-refractivity contribution in [2.75, 3.05) is 26.2 Å². The molecular weight excluding hydrogens is 390 g/mol. The van der Waals surface area contributed by atoms with Crippen LogP contribution in [0.4, 0.5) is 0 Å². The van der Waals surface area contributed by atoms with Gasteiger partial charge in [0, 0.05) is 48.3 Å². The first kappa shape index (κ1) is 25.8. The molecule has 4 nitrogen and oxygen atoms in total. The van der Waals surface area contributed by atoms with Gasteiger partial charge in [0.25, 0.3) is 0 Å². The van der Waals surface area contributed by atoms with Gasteiger partial charge >= 0.3 is 14.0 Å². The Morgan fingerprint density at radius 3 is 0.969 bits per heavy atom. The van der Waals surface area contributed by atoms with E-state index in [4.69, 9.17) is 0 Å². The summed E-state index contributed by atoms with van der Waals surface area (Å²) in [6.45, 7) is 33.3. The van der Waals surface area contributed by atoms with Crippen LogP contribution in [-0.2, 0) is 0 Å². The largest absolute Gasteiger partial charge is 0.347 e. The lowest BCUT2D eigenvalue weighted by Crippen LogP contribution is -2.65. The van der Waals surface area contributed by atoms with Gasteiger partial charge in [0.15, 0.2) is 0 Å². The Morgan fingerprint density at radius 2 is 0.750 bits per heavy atom. The summed E-state index contributed by atoms with van der Waals surface area (Å²) in [4.78, 5) is 10.8. The van der Waals surface area contributed by atoms with Crippen molar-refractivity contribution < 1.29 is 0 Å². The average molecular weight is 438 g/mol. The molecule has 6 heteroatoms. The Bertz CT molecular complexity index is 691. The van der Waals surface area contributed by atoms with Crippen molar-refractivity contribution in [3.8, 4) is 0 Å². The second-order valence-electron chi connectivity index (χ2n) is 13.9. The molecule has 3 rings (SSSR count). The van der Waals surface area contributed by atoms with Gasteiger partial charge in [0.05, 0.1) is 0 Å². The highest BCUT2D eigenvalue weighted by Crippen LogP contribution is 2.29. The third-order valence-corrected chi connectivity index (χ3v) is 7.30. The lowest BCUT2D eigenvalue weighted by atomic mass is 9.57. The first-order valence-corrected chi connectivity index (χ1v) is 12.6. The highest BCUT2D eigenvalue weighted by molar-refractivity contribution is 6.72. The van der Waals surface area contributed by atoms with Crippen LogP contribution < -0.4 is 10.9 Å². The van der Waals surface area contributed by atoms with Crippen LogP contribution in [0.2, 0.25) is 0 Å². The second-order valence-corrected chi connectivity index (χ2v) is 13.9. The van der Waals surface area contributed by atoms with Gasteiger partial charge in [-0.15, -0.1) is 0 Å². The fourth-order valence-electron chi connectivity index (χ4n) is 5.67. The Morgan fingerprint density at radius 1 is 0.500 bits per heavy atom. The molecule has 0 unspecified atom stereocenters. The molecule has 0 aliphatic carbocycles.